The first-order valence-electron chi connectivity index (χ1n) is 8.01. The van der Waals surface area contributed by atoms with Crippen LogP contribution < -0.4 is 10.1 Å². The highest BCUT2D eigenvalue weighted by Gasteiger charge is 2.06. The summed E-state index contributed by atoms with van der Waals surface area (Å²) in [6.07, 6.45) is 0. The van der Waals surface area contributed by atoms with Crippen molar-refractivity contribution in [3.8, 4) is 16.9 Å². The molecule has 0 unspecified atom stereocenters. The molecule has 0 bridgehead atoms. The smallest absolute Gasteiger partial charge is 0.258 e. The molecule has 0 aliphatic heterocycles. The highest BCUT2D eigenvalue weighted by atomic mass is 19.1. The first-order valence-corrected chi connectivity index (χ1v) is 8.01. The number of carbonyl (C=O) groups excluding carboxylic acids is 1. The third-order valence-electron chi connectivity index (χ3n) is 3.77. The molecule has 3 rings (SSSR count). The van der Waals surface area contributed by atoms with Crippen LogP contribution in [0.15, 0.2) is 78.9 Å². The molecule has 3 aromatic rings. The van der Waals surface area contributed by atoms with Crippen molar-refractivity contribution < 1.29 is 13.9 Å². The molecular formula is C21H18FNO2. The number of hydrogen-bond acceptors (Lipinski definition) is 2. The van der Waals surface area contributed by atoms with Crippen molar-refractivity contribution in [2.24, 2.45) is 0 Å². The van der Waals surface area contributed by atoms with E-state index in [1.165, 1.54) is 6.07 Å². The Balaban J connectivity index is 1.50. The van der Waals surface area contributed by atoms with Crippen molar-refractivity contribution in [1.29, 1.82) is 0 Å². The Morgan fingerprint density at radius 1 is 0.840 bits per heavy atom. The summed E-state index contributed by atoms with van der Waals surface area (Å²) in [4.78, 5) is 11.8. The number of rotatable bonds is 6. The summed E-state index contributed by atoms with van der Waals surface area (Å²) >= 11 is 0. The molecule has 0 heterocycles. The Morgan fingerprint density at radius 2 is 1.48 bits per heavy atom. The minimum atomic E-state index is -0.333. The predicted molar refractivity (Wildman–Crippen MR) is 95.6 cm³/mol. The lowest BCUT2D eigenvalue weighted by molar-refractivity contribution is -0.123. The van der Waals surface area contributed by atoms with Gasteiger partial charge in [0.15, 0.2) is 6.61 Å². The third kappa shape index (κ3) is 4.67. The summed E-state index contributed by atoms with van der Waals surface area (Å²) in [5, 5.41) is 2.64. The van der Waals surface area contributed by atoms with Gasteiger partial charge in [0.2, 0.25) is 0 Å². The van der Waals surface area contributed by atoms with E-state index in [2.05, 4.69) is 5.32 Å². The van der Waals surface area contributed by atoms with Crippen LogP contribution in [0.1, 0.15) is 5.56 Å². The molecule has 0 atom stereocenters. The average molecular weight is 335 g/mol. The summed E-state index contributed by atoms with van der Waals surface area (Å²) in [6.45, 7) is 0.0287. The van der Waals surface area contributed by atoms with Gasteiger partial charge in [0.25, 0.3) is 5.91 Å². The van der Waals surface area contributed by atoms with Crippen LogP contribution >= 0.6 is 0 Å². The van der Waals surface area contributed by atoms with E-state index >= 15 is 0 Å². The molecule has 0 aromatic heterocycles. The Bertz CT molecular complexity index is 832. The SMILES string of the molecule is O=C(COc1ccc(-c2ccccc2)cc1)NCc1ccccc1F. The zero-order valence-electron chi connectivity index (χ0n) is 13.6. The van der Waals surface area contributed by atoms with Crippen molar-refractivity contribution in [3.63, 3.8) is 0 Å². The minimum Gasteiger partial charge on any atom is -0.484 e. The van der Waals surface area contributed by atoms with Crippen LogP contribution in [0.25, 0.3) is 11.1 Å². The van der Waals surface area contributed by atoms with Gasteiger partial charge in [0, 0.05) is 12.1 Å². The zero-order valence-corrected chi connectivity index (χ0v) is 13.6. The molecule has 0 saturated heterocycles. The van der Waals surface area contributed by atoms with Gasteiger partial charge in [-0.2, -0.15) is 0 Å². The maximum Gasteiger partial charge on any atom is 0.258 e. The second kappa shape index (κ2) is 8.11. The van der Waals surface area contributed by atoms with Crippen LogP contribution in [0.3, 0.4) is 0 Å². The van der Waals surface area contributed by atoms with E-state index in [9.17, 15) is 9.18 Å². The molecule has 3 aromatic carbocycles. The molecule has 0 fully saturated rings. The number of nitrogens with one attached hydrogen (secondary N) is 1. The molecule has 4 heteroatoms. The van der Waals surface area contributed by atoms with E-state index in [1.54, 1.807) is 18.2 Å². The lowest BCUT2D eigenvalue weighted by Gasteiger charge is -2.09. The summed E-state index contributed by atoms with van der Waals surface area (Å²) < 4.78 is 19.0. The summed E-state index contributed by atoms with van der Waals surface area (Å²) in [6, 6.07) is 23.9. The first-order chi connectivity index (χ1) is 12.2. The standard InChI is InChI=1S/C21H18FNO2/c22-20-9-5-4-8-18(20)14-23-21(24)15-25-19-12-10-17(11-13-19)16-6-2-1-3-7-16/h1-13H,14-15H2,(H,23,24). The topological polar surface area (TPSA) is 38.3 Å². The quantitative estimate of drug-likeness (QED) is 0.733. The minimum absolute atomic E-state index is 0.112. The van der Waals surface area contributed by atoms with E-state index in [1.807, 2.05) is 54.6 Å². The fraction of sp³-hybridized carbons (Fsp3) is 0.0952. The predicted octanol–water partition coefficient (Wildman–Crippen LogP) is 4.19. The van der Waals surface area contributed by atoms with Crippen LogP contribution in [0, 0.1) is 5.82 Å². The van der Waals surface area contributed by atoms with E-state index in [4.69, 9.17) is 4.74 Å². The van der Waals surface area contributed by atoms with E-state index in [0.29, 0.717) is 11.3 Å². The first kappa shape index (κ1) is 16.7. The summed E-state index contributed by atoms with van der Waals surface area (Å²) in [7, 11) is 0. The number of carbonyl (C=O) groups is 1. The van der Waals surface area contributed by atoms with E-state index < -0.39 is 0 Å². The Kier molecular flexibility index (Phi) is 5.42. The van der Waals surface area contributed by atoms with Crippen LogP contribution in [0.4, 0.5) is 4.39 Å². The van der Waals surface area contributed by atoms with Gasteiger partial charge in [0.05, 0.1) is 0 Å². The molecule has 126 valence electrons. The van der Waals surface area contributed by atoms with Crippen LogP contribution in [0.2, 0.25) is 0 Å². The van der Waals surface area contributed by atoms with Gasteiger partial charge in [-0.25, -0.2) is 4.39 Å². The lowest BCUT2D eigenvalue weighted by Crippen LogP contribution is -2.28. The molecule has 0 aliphatic carbocycles. The van der Waals surface area contributed by atoms with Gasteiger partial charge >= 0.3 is 0 Å². The normalized spacial score (nSPS) is 10.3. The van der Waals surface area contributed by atoms with Crippen molar-refractivity contribution >= 4 is 5.91 Å². The Labute approximate surface area is 146 Å². The molecule has 25 heavy (non-hydrogen) atoms. The Hall–Kier alpha value is -3.14. The van der Waals surface area contributed by atoms with Crippen molar-refractivity contribution in [1.82, 2.24) is 5.32 Å². The molecule has 1 N–H and O–H groups in total. The fourth-order valence-corrected chi connectivity index (χ4v) is 2.41. The molecule has 1 amide bonds. The highest BCUT2D eigenvalue weighted by molar-refractivity contribution is 5.77. The van der Waals surface area contributed by atoms with Crippen molar-refractivity contribution in [2.45, 2.75) is 6.54 Å². The summed E-state index contributed by atoms with van der Waals surface area (Å²) in [5.74, 6) is -0.0173. The van der Waals surface area contributed by atoms with Gasteiger partial charge in [-0.1, -0.05) is 60.7 Å². The lowest BCUT2D eigenvalue weighted by atomic mass is 10.1. The number of benzene rings is 3. The second-order valence-electron chi connectivity index (χ2n) is 5.55. The molecule has 3 nitrogen and oxygen atoms in total. The molecule has 0 radical (unpaired) electrons. The molecule has 0 saturated carbocycles. The summed E-state index contributed by atoms with van der Waals surface area (Å²) in [5.41, 5.74) is 2.65. The largest absolute Gasteiger partial charge is 0.484 e. The maximum absolute atomic E-state index is 13.5. The second-order valence-corrected chi connectivity index (χ2v) is 5.55. The monoisotopic (exact) mass is 335 g/mol. The average Bonchev–Trinajstić information content (AvgIpc) is 2.67. The van der Waals surface area contributed by atoms with Gasteiger partial charge in [-0.05, 0) is 29.3 Å². The van der Waals surface area contributed by atoms with E-state index in [-0.39, 0.29) is 24.9 Å². The third-order valence-corrected chi connectivity index (χ3v) is 3.77. The fourth-order valence-electron chi connectivity index (χ4n) is 2.41. The van der Waals surface area contributed by atoms with Crippen molar-refractivity contribution in [3.05, 3.63) is 90.2 Å². The Morgan fingerprint density at radius 3 is 2.20 bits per heavy atom. The van der Waals surface area contributed by atoms with Crippen LogP contribution in [-0.4, -0.2) is 12.5 Å². The van der Waals surface area contributed by atoms with Crippen molar-refractivity contribution in [2.75, 3.05) is 6.61 Å². The molecular weight excluding hydrogens is 317 g/mol. The number of halogens is 1. The van der Waals surface area contributed by atoms with Gasteiger partial charge < -0.3 is 10.1 Å². The highest BCUT2D eigenvalue weighted by Crippen LogP contribution is 2.21. The zero-order chi connectivity index (χ0) is 17.5. The van der Waals surface area contributed by atoms with Gasteiger partial charge in [-0.15, -0.1) is 0 Å². The number of amides is 1. The van der Waals surface area contributed by atoms with Crippen LogP contribution in [-0.2, 0) is 11.3 Å². The van der Waals surface area contributed by atoms with Gasteiger partial charge in [0.1, 0.15) is 11.6 Å². The maximum atomic E-state index is 13.5. The van der Waals surface area contributed by atoms with E-state index in [0.717, 1.165) is 11.1 Å². The molecule has 0 aliphatic rings. The number of ether oxygens (including phenoxy) is 1. The molecule has 0 spiro atoms. The number of hydrogen-bond donors (Lipinski definition) is 1. The van der Waals surface area contributed by atoms with Crippen LogP contribution in [0.5, 0.6) is 5.75 Å². The van der Waals surface area contributed by atoms with Gasteiger partial charge in [-0.3, -0.25) is 4.79 Å².